The van der Waals surface area contributed by atoms with Crippen LogP contribution in [0.5, 0.6) is 11.5 Å². The molecule has 6 aromatic rings. The summed E-state index contributed by atoms with van der Waals surface area (Å²) in [5.41, 5.74) is 24.0. The molecule has 6 aromatic carbocycles. The average Bonchev–Trinajstić information content (AvgIpc) is 3.25. The molecule has 0 bridgehead atoms. The number of benzene rings is 6. The highest BCUT2D eigenvalue weighted by Gasteiger charge is 2.54. The molecule has 0 spiro atoms. The first-order chi connectivity index (χ1) is 30.4. The zero-order chi connectivity index (χ0) is 46.9. The number of ether oxygens (including phenoxy) is 2. The maximum atomic E-state index is 9.96. The van der Waals surface area contributed by atoms with Crippen LogP contribution < -0.4 is 19.3 Å². The van der Waals surface area contributed by atoms with Crippen molar-refractivity contribution in [1.82, 2.24) is 0 Å². The summed E-state index contributed by atoms with van der Waals surface area (Å²) in [6.45, 7) is 28.4. The van der Waals surface area contributed by atoms with Crippen molar-refractivity contribution in [3.05, 3.63) is 161 Å². The van der Waals surface area contributed by atoms with Crippen LogP contribution in [0.1, 0.15) is 151 Å². The number of methoxy groups -OCH3 is 2. The molecule has 330 valence electrons. The van der Waals surface area contributed by atoms with Gasteiger partial charge in [0, 0.05) is 41.4 Å². The van der Waals surface area contributed by atoms with Gasteiger partial charge in [-0.15, -0.1) is 0 Å². The second-order valence-corrected chi connectivity index (χ2v) is 23.5. The summed E-state index contributed by atoms with van der Waals surface area (Å²) in [5.74, 6) is 1.84. The highest BCUT2D eigenvalue weighted by Crippen LogP contribution is 2.69. The summed E-state index contributed by atoms with van der Waals surface area (Å²) in [7, 11) is 2.54. The van der Waals surface area contributed by atoms with Crippen LogP contribution in [0.2, 0.25) is 0 Å². The topological polar surface area (TPSA) is 24.9 Å². The van der Waals surface area contributed by atoms with E-state index in [1.54, 1.807) is 14.2 Å². The Morgan fingerprint density at radius 2 is 0.578 bits per heavy atom. The lowest BCUT2D eigenvalue weighted by molar-refractivity contribution is 0.408. The highest BCUT2D eigenvalue weighted by molar-refractivity contribution is 9.10. The van der Waals surface area contributed by atoms with E-state index in [0.29, 0.717) is 0 Å². The van der Waals surface area contributed by atoms with Crippen LogP contribution >= 0.6 is 31.9 Å². The Morgan fingerprint density at radius 1 is 0.391 bits per heavy atom. The lowest BCUT2D eigenvalue weighted by atomic mass is 9.61. The van der Waals surface area contributed by atoms with Crippen molar-refractivity contribution in [1.29, 1.82) is 0 Å². The van der Waals surface area contributed by atoms with Gasteiger partial charge in [-0.25, -0.2) is 0 Å². The summed E-state index contributed by atoms with van der Waals surface area (Å²) in [5, 5.41) is 0. The van der Waals surface area contributed by atoms with Crippen LogP contribution in [0.25, 0.3) is 0 Å². The van der Waals surface area contributed by atoms with Gasteiger partial charge in [-0.3, -0.25) is 4.39 Å². The summed E-state index contributed by atoms with van der Waals surface area (Å²) < 4.78 is 29.4. The van der Waals surface area contributed by atoms with E-state index in [1.165, 1.54) is 101 Å². The van der Waals surface area contributed by atoms with Crippen LogP contribution in [0.4, 0.5) is 38.5 Å². The van der Waals surface area contributed by atoms with E-state index in [0.717, 1.165) is 20.4 Å². The Kier molecular flexibility index (Phi) is 8.88. The number of halogens is 3. The van der Waals surface area contributed by atoms with Gasteiger partial charge in [0.15, 0.2) is 0 Å². The molecule has 6 aliphatic heterocycles. The third-order valence-electron chi connectivity index (χ3n) is 16.3. The zero-order valence-corrected chi connectivity index (χ0v) is 42.8. The van der Waals surface area contributed by atoms with Crippen molar-refractivity contribution >= 4 is 66.0 Å². The van der Waals surface area contributed by atoms with Crippen LogP contribution in [0.15, 0.2) is 93.9 Å². The van der Waals surface area contributed by atoms with Crippen molar-refractivity contribution in [3.63, 3.8) is 0 Å². The first-order valence-corrected chi connectivity index (χ1v) is 23.9. The molecular weight excluding hydrogens is 923 g/mol. The van der Waals surface area contributed by atoms with Gasteiger partial charge in [-0.05, 0) is 115 Å². The maximum Gasteiger partial charge on any atom is 0.119 e. The maximum absolute atomic E-state index is 9.96. The van der Waals surface area contributed by atoms with Crippen molar-refractivity contribution < 1.29 is 15.2 Å². The van der Waals surface area contributed by atoms with Gasteiger partial charge in [0.1, 0.15) is 11.5 Å². The minimum atomic E-state index is -1.00. The Morgan fingerprint density at radius 3 is 0.797 bits per heavy atom. The van der Waals surface area contributed by atoms with Gasteiger partial charge in [0.2, 0.25) is 0 Å². The summed E-state index contributed by atoms with van der Waals surface area (Å²) in [6.07, 6.45) is 0. The Hall–Kier alpha value is -4.59. The molecule has 0 fully saturated rings. The molecule has 0 saturated heterocycles. The van der Waals surface area contributed by atoms with E-state index in [1.807, 2.05) is 0 Å². The standard InChI is InChI=1S/C29H31NO2.C27H25Br2N.CH3F/c1-27(2)18-10-9-11-19-24(18)30-25-20(27)12-16(31-7)14-22(25)29(5,6)23-15-17(32-8)13-21(26(23)30)28(19,3)4;1-25(2)16-8-7-9-17-22(16)30-23-18(25)10-14(28)12-20(23)27(5,6)21-13-15(29)11-19(24(21)30)26(17,3)4;1-2/h9-15H,1-8H3;7-13H,1-6H3;1H3/i;;1D. The Balaban J connectivity index is 0.000000145. The molecule has 0 N–H and O–H groups in total. The highest BCUT2D eigenvalue weighted by atomic mass is 79.9. The van der Waals surface area contributed by atoms with Gasteiger partial charge in [0.05, 0.1) is 56.9 Å². The molecular formula is C57H59Br2FN2O2. The third-order valence-corrected chi connectivity index (χ3v) is 17.2. The van der Waals surface area contributed by atoms with E-state index in [2.05, 4.69) is 210 Å². The average molecular weight is 984 g/mol. The van der Waals surface area contributed by atoms with E-state index in [-0.39, 0.29) is 32.5 Å². The van der Waals surface area contributed by atoms with E-state index >= 15 is 0 Å². The SMILES string of the molecule is CC1(C)c2cccc3c2N2c4c1cc(Br)cc4C(C)(C)c1cc(Br)cc(c12)C3(C)C.COc1cc2c3c(c1)C(C)(C)c1cc(OC)cc4c1N3c1c(cccc1C4(C)C)C2(C)C.[2H]CF. The van der Waals surface area contributed by atoms with E-state index < -0.39 is 7.15 Å². The van der Waals surface area contributed by atoms with E-state index in [9.17, 15) is 4.39 Å². The van der Waals surface area contributed by atoms with Crippen molar-refractivity contribution in [2.45, 2.75) is 116 Å². The molecule has 64 heavy (non-hydrogen) atoms. The quantitative estimate of drug-likeness (QED) is 0.173. The molecule has 6 heterocycles. The zero-order valence-electron chi connectivity index (χ0n) is 40.6. The molecule has 12 rings (SSSR count). The largest absolute Gasteiger partial charge is 0.497 e. The van der Waals surface area contributed by atoms with Gasteiger partial charge in [-0.2, -0.15) is 0 Å². The Labute approximate surface area is 397 Å². The van der Waals surface area contributed by atoms with E-state index in [4.69, 9.17) is 10.8 Å². The summed E-state index contributed by atoms with van der Waals surface area (Å²) in [6, 6.07) is 32.1. The van der Waals surface area contributed by atoms with Crippen molar-refractivity contribution in [2.24, 2.45) is 0 Å². The fourth-order valence-electron chi connectivity index (χ4n) is 12.6. The molecule has 0 radical (unpaired) electrons. The minimum absolute atomic E-state index is 0.0633. The smallest absolute Gasteiger partial charge is 0.119 e. The number of nitrogens with zero attached hydrogens (tertiary/aromatic N) is 2. The molecule has 0 aliphatic carbocycles. The molecule has 0 saturated carbocycles. The number of anilines is 6. The fraction of sp³-hybridized carbons (Fsp3) is 0.368. The predicted octanol–water partition coefficient (Wildman–Crippen LogP) is 16.3. The molecule has 7 heteroatoms. The molecule has 0 atom stereocenters. The van der Waals surface area contributed by atoms with Crippen LogP contribution in [-0.4, -0.2) is 21.4 Å². The monoisotopic (exact) mass is 981 g/mol. The van der Waals surface area contributed by atoms with Crippen LogP contribution in [-0.2, 0) is 32.5 Å². The second-order valence-electron chi connectivity index (χ2n) is 21.7. The van der Waals surface area contributed by atoms with Gasteiger partial charge in [-0.1, -0.05) is 151 Å². The van der Waals surface area contributed by atoms with Crippen molar-refractivity contribution in [2.75, 3.05) is 31.2 Å². The predicted molar refractivity (Wildman–Crippen MR) is 271 cm³/mol. The second kappa shape index (κ2) is 13.5. The number of hydrogen-bond donors (Lipinski definition) is 0. The lowest BCUT2D eigenvalue weighted by Crippen LogP contribution is -2.43. The molecule has 6 aliphatic rings. The molecule has 0 amide bonds. The van der Waals surface area contributed by atoms with Gasteiger partial charge in [0.25, 0.3) is 0 Å². The fourth-order valence-corrected chi connectivity index (χ4v) is 13.5. The third kappa shape index (κ3) is 5.20. The number of para-hydroxylation sites is 2. The minimum Gasteiger partial charge on any atom is -0.497 e. The number of rotatable bonds is 2. The summed E-state index contributed by atoms with van der Waals surface area (Å²) >= 11 is 7.68. The van der Waals surface area contributed by atoms with Gasteiger partial charge >= 0.3 is 0 Å². The normalized spacial score (nSPS) is 19.4. The number of hydrogen-bond acceptors (Lipinski definition) is 4. The molecule has 4 nitrogen and oxygen atoms in total. The molecule has 0 unspecified atom stereocenters. The first-order valence-electron chi connectivity index (χ1n) is 23.0. The van der Waals surface area contributed by atoms with Gasteiger partial charge < -0.3 is 19.3 Å². The Bertz CT molecular complexity index is 2880. The summed E-state index contributed by atoms with van der Waals surface area (Å²) in [4.78, 5) is 5.15. The molecule has 0 aromatic heterocycles. The van der Waals surface area contributed by atoms with Crippen LogP contribution in [0.3, 0.4) is 0 Å². The lowest BCUT2D eigenvalue weighted by Gasteiger charge is -2.55. The number of alkyl halides is 1. The van der Waals surface area contributed by atoms with Crippen LogP contribution in [0, 0.1) is 0 Å². The first kappa shape index (κ1) is 42.1. The van der Waals surface area contributed by atoms with Crippen molar-refractivity contribution in [3.8, 4) is 11.5 Å².